The summed E-state index contributed by atoms with van der Waals surface area (Å²) in [4.78, 5) is 12.0. The number of alkyl halides is 3. The summed E-state index contributed by atoms with van der Waals surface area (Å²) in [6.07, 6.45) is -4.20. The summed E-state index contributed by atoms with van der Waals surface area (Å²) in [6.45, 7) is 4.99. The van der Waals surface area contributed by atoms with Crippen molar-refractivity contribution in [1.29, 1.82) is 0 Å². The number of Topliss-reactive ketones (excluding diaryl/α,β-unsaturated/α-hetero) is 1. The van der Waals surface area contributed by atoms with Gasteiger partial charge in [-0.15, -0.1) is 0 Å². The van der Waals surface area contributed by atoms with Gasteiger partial charge < -0.3 is 0 Å². The molecule has 1 rings (SSSR count). The molecule has 1 nitrogen and oxygen atoms in total. The van der Waals surface area contributed by atoms with E-state index in [2.05, 4.69) is 0 Å². The van der Waals surface area contributed by atoms with Crippen molar-refractivity contribution in [3.05, 3.63) is 35.1 Å². The molecule has 100 valence electrons. The van der Waals surface area contributed by atoms with Crippen LogP contribution < -0.4 is 0 Å². The number of rotatable bonds is 3. The number of hydrogen-bond acceptors (Lipinski definition) is 1. The fraction of sp³-hybridized carbons (Fsp3) is 0.462. The molecule has 0 aliphatic carbocycles. The second-order valence-electron chi connectivity index (χ2n) is 4.79. The predicted molar refractivity (Wildman–Crippen MR) is 59.8 cm³/mol. The number of carbonyl (C=O) groups excluding carboxylic acids is 1. The van der Waals surface area contributed by atoms with Crippen molar-refractivity contribution in [3.63, 3.8) is 0 Å². The monoisotopic (exact) mass is 262 g/mol. The van der Waals surface area contributed by atoms with Gasteiger partial charge in [0.05, 0.1) is 5.56 Å². The minimum Gasteiger partial charge on any atom is -0.294 e. The zero-order valence-electron chi connectivity index (χ0n) is 10.4. The fourth-order valence-corrected chi connectivity index (χ4v) is 1.44. The first-order chi connectivity index (χ1) is 8.08. The van der Waals surface area contributed by atoms with E-state index in [-0.39, 0.29) is 5.56 Å². The first kappa shape index (κ1) is 14.7. The summed E-state index contributed by atoms with van der Waals surface area (Å²) in [5.41, 5.74) is -2.19. The van der Waals surface area contributed by atoms with E-state index in [9.17, 15) is 22.4 Å². The van der Waals surface area contributed by atoms with Gasteiger partial charge in [0.2, 0.25) is 0 Å². The second-order valence-corrected chi connectivity index (χ2v) is 4.79. The Labute approximate surface area is 103 Å². The van der Waals surface area contributed by atoms with Crippen LogP contribution in [0.2, 0.25) is 0 Å². The largest absolute Gasteiger partial charge is 0.416 e. The average Bonchev–Trinajstić information content (AvgIpc) is 2.26. The van der Waals surface area contributed by atoms with E-state index in [1.54, 1.807) is 20.8 Å². The van der Waals surface area contributed by atoms with Crippen LogP contribution in [0.25, 0.3) is 0 Å². The molecule has 0 aromatic heterocycles. The molecule has 0 bridgehead atoms. The lowest BCUT2D eigenvalue weighted by Crippen LogP contribution is -2.24. The molecule has 0 N–H and O–H groups in total. The van der Waals surface area contributed by atoms with E-state index < -0.39 is 28.8 Å². The number of halogens is 4. The normalized spacial score (nSPS) is 12.6. The highest BCUT2D eigenvalue weighted by molar-refractivity contribution is 6.00. The third-order valence-electron chi connectivity index (χ3n) is 2.99. The molecule has 0 unspecified atom stereocenters. The maximum atomic E-state index is 13.2. The molecule has 0 heterocycles. The van der Waals surface area contributed by atoms with Crippen LogP contribution >= 0.6 is 0 Å². The van der Waals surface area contributed by atoms with Crippen LogP contribution in [0.15, 0.2) is 18.2 Å². The SMILES string of the molecule is CCC(C)(C)C(=O)c1cc(F)cc(C(F)(F)F)c1. The Balaban J connectivity index is 3.27. The van der Waals surface area contributed by atoms with Crippen molar-refractivity contribution >= 4 is 5.78 Å². The molecular formula is C13H14F4O. The third-order valence-corrected chi connectivity index (χ3v) is 2.99. The lowest BCUT2D eigenvalue weighted by atomic mass is 9.81. The van der Waals surface area contributed by atoms with Crippen LogP contribution in [-0.4, -0.2) is 5.78 Å². The van der Waals surface area contributed by atoms with Gasteiger partial charge in [-0.05, 0) is 24.6 Å². The Bertz CT molecular complexity index is 461. The average molecular weight is 262 g/mol. The topological polar surface area (TPSA) is 17.1 Å². The van der Waals surface area contributed by atoms with Gasteiger partial charge in [0.1, 0.15) is 5.82 Å². The molecule has 0 aliphatic heterocycles. The molecule has 18 heavy (non-hydrogen) atoms. The first-order valence-corrected chi connectivity index (χ1v) is 5.50. The van der Waals surface area contributed by atoms with Crippen LogP contribution in [0, 0.1) is 11.2 Å². The standard InChI is InChI=1S/C13H14F4O/c1-4-12(2,3)11(18)8-5-9(13(15,16)17)7-10(14)6-8/h5-7H,4H2,1-3H3. The predicted octanol–water partition coefficient (Wildman–Crippen LogP) is 4.46. The van der Waals surface area contributed by atoms with Gasteiger partial charge in [0.25, 0.3) is 0 Å². The summed E-state index contributed by atoms with van der Waals surface area (Å²) >= 11 is 0. The molecule has 1 aromatic carbocycles. The van der Waals surface area contributed by atoms with Crippen molar-refractivity contribution in [2.75, 3.05) is 0 Å². The van der Waals surface area contributed by atoms with Gasteiger partial charge in [0, 0.05) is 11.0 Å². The van der Waals surface area contributed by atoms with Crippen LogP contribution in [0.5, 0.6) is 0 Å². The molecule has 0 atom stereocenters. The molecule has 5 heteroatoms. The van der Waals surface area contributed by atoms with Crippen molar-refractivity contribution < 1.29 is 22.4 Å². The van der Waals surface area contributed by atoms with E-state index >= 15 is 0 Å². The summed E-state index contributed by atoms with van der Waals surface area (Å²) in [5.74, 6) is -1.55. The Kier molecular flexibility index (Phi) is 3.84. The van der Waals surface area contributed by atoms with Gasteiger partial charge in [-0.25, -0.2) is 4.39 Å². The van der Waals surface area contributed by atoms with E-state index in [1.807, 2.05) is 0 Å². The molecule has 0 saturated heterocycles. The summed E-state index contributed by atoms with van der Waals surface area (Å²) in [7, 11) is 0. The van der Waals surface area contributed by atoms with E-state index in [0.29, 0.717) is 18.6 Å². The highest BCUT2D eigenvalue weighted by atomic mass is 19.4. The van der Waals surface area contributed by atoms with Crippen molar-refractivity contribution in [2.45, 2.75) is 33.4 Å². The van der Waals surface area contributed by atoms with Crippen molar-refractivity contribution in [2.24, 2.45) is 5.41 Å². The summed E-state index contributed by atoms with van der Waals surface area (Å²) in [6, 6.07) is 1.92. The molecule has 0 spiro atoms. The molecule has 1 aromatic rings. The van der Waals surface area contributed by atoms with Gasteiger partial charge in [0.15, 0.2) is 5.78 Å². The fourth-order valence-electron chi connectivity index (χ4n) is 1.44. The Morgan fingerprint density at radius 2 is 1.72 bits per heavy atom. The van der Waals surface area contributed by atoms with Crippen LogP contribution in [0.4, 0.5) is 17.6 Å². The van der Waals surface area contributed by atoms with Gasteiger partial charge >= 0.3 is 6.18 Å². The van der Waals surface area contributed by atoms with E-state index in [1.165, 1.54) is 0 Å². The zero-order valence-corrected chi connectivity index (χ0v) is 10.4. The molecule has 0 saturated carbocycles. The molecule has 0 radical (unpaired) electrons. The second kappa shape index (κ2) is 4.71. The van der Waals surface area contributed by atoms with Crippen LogP contribution in [-0.2, 0) is 6.18 Å². The van der Waals surface area contributed by atoms with Gasteiger partial charge in [-0.2, -0.15) is 13.2 Å². The third kappa shape index (κ3) is 3.09. The van der Waals surface area contributed by atoms with E-state index in [0.717, 1.165) is 6.07 Å². The number of hydrogen-bond donors (Lipinski definition) is 0. The number of carbonyl (C=O) groups is 1. The molecule has 0 amide bonds. The molecular weight excluding hydrogens is 248 g/mol. The van der Waals surface area contributed by atoms with Crippen molar-refractivity contribution in [1.82, 2.24) is 0 Å². The van der Waals surface area contributed by atoms with Gasteiger partial charge in [-0.1, -0.05) is 20.8 Å². The first-order valence-electron chi connectivity index (χ1n) is 5.50. The summed E-state index contributed by atoms with van der Waals surface area (Å²) in [5, 5.41) is 0. The minimum atomic E-state index is -4.66. The Morgan fingerprint density at radius 3 is 2.17 bits per heavy atom. The highest BCUT2D eigenvalue weighted by Gasteiger charge is 2.34. The molecule has 0 fully saturated rings. The number of benzene rings is 1. The lowest BCUT2D eigenvalue weighted by Gasteiger charge is -2.21. The van der Waals surface area contributed by atoms with Crippen LogP contribution in [0.1, 0.15) is 43.1 Å². The van der Waals surface area contributed by atoms with Crippen LogP contribution in [0.3, 0.4) is 0 Å². The molecule has 0 aliphatic rings. The summed E-state index contributed by atoms with van der Waals surface area (Å²) < 4.78 is 50.7. The number of ketones is 1. The quantitative estimate of drug-likeness (QED) is 0.580. The van der Waals surface area contributed by atoms with Gasteiger partial charge in [-0.3, -0.25) is 4.79 Å². The Hall–Kier alpha value is -1.39. The zero-order chi connectivity index (χ0) is 14.1. The Morgan fingerprint density at radius 1 is 1.17 bits per heavy atom. The maximum Gasteiger partial charge on any atom is 0.416 e. The lowest BCUT2D eigenvalue weighted by molar-refractivity contribution is -0.137. The smallest absolute Gasteiger partial charge is 0.294 e. The highest BCUT2D eigenvalue weighted by Crippen LogP contribution is 2.32. The van der Waals surface area contributed by atoms with E-state index in [4.69, 9.17) is 0 Å². The van der Waals surface area contributed by atoms with Crippen molar-refractivity contribution in [3.8, 4) is 0 Å². The minimum absolute atomic E-state index is 0.242. The maximum absolute atomic E-state index is 13.2.